The molecule has 0 aliphatic carbocycles. The van der Waals surface area contributed by atoms with Crippen LogP contribution >= 0.6 is 0 Å². The Morgan fingerprint density at radius 1 is 1.75 bits per heavy atom. The topological polar surface area (TPSA) is 0 Å². The van der Waals surface area contributed by atoms with Gasteiger partial charge in [0.05, 0.1) is 0 Å². The van der Waals surface area contributed by atoms with Crippen LogP contribution in [0.25, 0.3) is 0 Å². The van der Waals surface area contributed by atoms with Crippen molar-refractivity contribution in [3.8, 4) is 0 Å². The van der Waals surface area contributed by atoms with Gasteiger partial charge in [-0.1, -0.05) is 0 Å². The maximum absolute atomic E-state index is 2.18. The van der Waals surface area contributed by atoms with E-state index in [2.05, 4.69) is 6.92 Å². The van der Waals surface area contributed by atoms with Crippen LogP contribution in [0.2, 0.25) is 0 Å². The molecule has 0 atom stereocenters. The third-order valence-electron chi connectivity index (χ3n) is 0. The van der Waals surface area contributed by atoms with Gasteiger partial charge in [0.1, 0.15) is 0 Å². The van der Waals surface area contributed by atoms with E-state index in [1.54, 1.807) is 0.914 Å². The van der Waals surface area contributed by atoms with Gasteiger partial charge in [-0.25, -0.2) is 0 Å². The zero-order chi connectivity index (χ0) is 3.58. The van der Waals surface area contributed by atoms with Gasteiger partial charge < -0.3 is 0 Å². The first-order chi connectivity index (χ1) is 1.73. The Hall–Kier alpha value is 1.64. The Morgan fingerprint density at radius 3 is 1.75 bits per heavy atom. The summed E-state index contributed by atoms with van der Waals surface area (Å²) >= 11 is 2.96. The maximum atomic E-state index is 2.18. The number of hydrogen-bond donors (Lipinski definition) is 0. The van der Waals surface area contributed by atoms with Gasteiger partial charge in [-0.3, -0.25) is 0 Å². The molecule has 0 saturated carbocycles. The molecule has 0 aromatic carbocycles. The minimum atomic E-state index is 1.48. The fourth-order valence-corrected chi connectivity index (χ4v) is 0. The molecule has 0 aliphatic heterocycles. The molecule has 0 aliphatic rings. The Bertz CT molecular complexity index is 27.0. The van der Waals surface area contributed by atoms with Crippen LogP contribution in [-0.4, -0.2) is 49.9 Å². The minimum absolute atomic E-state index is 1.48. The summed E-state index contributed by atoms with van der Waals surface area (Å²) < 4.78 is 1.64. The van der Waals surface area contributed by atoms with Crippen molar-refractivity contribution >= 4 is 49.9 Å². The van der Waals surface area contributed by atoms with Gasteiger partial charge in [-0.05, 0) is 0 Å². The van der Waals surface area contributed by atoms with Crippen molar-refractivity contribution in [2.75, 3.05) is 0 Å². The van der Waals surface area contributed by atoms with E-state index in [-0.39, 0.29) is 0 Å². The molecule has 0 rings (SSSR count). The molecule has 0 heterocycles. The first-order valence-electron chi connectivity index (χ1n) is 0.947. The molecule has 0 N–H and O–H groups in total. The molecule has 0 saturated heterocycles. The predicted molar refractivity (Wildman–Crippen MR) is 22.2 cm³/mol. The van der Waals surface area contributed by atoms with Gasteiger partial charge in [0.2, 0.25) is 0 Å². The molecule has 21 valence electrons. The van der Waals surface area contributed by atoms with Crippen molar-refractivity contribution in [1.29, 1.82) is 0 Å². The summed E-state index contributed by atoms with van der Waals surface area (Å²) in [6.45, 7) is 2.18. The number of hydrogen-bond acceptors (Lipinski definition) is 0. The van der Waals surface area contributed by atoms with E-state index >= 15 is 0 Å². The molecule has 2 heteroatoms. The molecule has 0 amide bonds. The molecule has 0 unspecified atom stereocenters. The first kappa shape index (κ1) is 5.64. The second-order valence-corrected chi connectivity index (χ2v) is 11.6. The summed E-state index contributed by atoms with van der Waals surface area (Å²) in [4.78, 5) is 0. The van der Waals surface area contributed by atoms with Crippen LogP contribution < -0.4 is 0 Å². The summed E-state index contributed by atoms with van der Waals surface area (Å²) in [7, 11) is 0. The SMILES string of the molecule is C[C]([Bi])=[Bi]. The van der Waals surface area contributed by atoms with Crippen LogP contribution in [0.5, 0.6) is 0 Å². The summed E-state index contributed by atoms with van der Waals surface area (Å²) in [6.07, 6.45) is 0. The molecule has 4 heavy (non-hydrogen) atoms. The van der Waals surface area contributed by atoms with Crippen LogP contribution in [0.3, 0.4) is 0 Å². The zero-order valence-electron chi connectivity index (χ0n) is 2.39. The average molecular weight is 445 g/mol. The van der Waals surface area contributed by atoms with E-state index < -0.39 is 0 Å². The molecule has 0 fully saturated rings. The molecular formula is C2H3Bi2. The second-order valence-electron chi connectivity index (χ2n) is 0.547. The Kier molecular flexibility index (Phi) is 4.02. The summed E-state index contributed by atoms with van der Waals surface area (Å²) in [5, 5.41) is 0. The van der Waals surface area contributed by atoms with Crippen molar-refractivity contribution in [2.24, 2.45) is 0 Å². The van der Waals surface area contributed by atoms with Gasteiger partial charge in [0, 0.05) is 0 Å². The van der Waals surface area contributed by atoms with Crippen molar-refractivity contribution in [3.63, 3.8) is 0 Å². The van der Waals surface area contributed by atoms with Crippen molar-refractivity contribution < 1.29 is 0 Å². The van der Waals surface area contributed by atoms with Crippen molar-refractivity contribution in [3.05, 3.63) is 0 Å². The van der Waals surface area contributed by atoms with Crippen LogP contribution in [0.1, 0.15) is 6.92 Å². The van der Waals surface area contributed by atoms with E-state index in [0.29, 0.717) is 0 Å². The molecule has 0 nitrogen and oxygen atoms in total. The fourth-order valence-electron chi connectivity index (χ4n) is 0. The Balaban J connectivity index is 2.80. The van der Waals surface area contributed by atoms with Crippen molar-refractivity contribution in [1.82, 2.24) is 0 Å². The van der Waals surface area contributed by atoms with Gasteiger partial charge in [0.15, 0.2) is 0 Å². The Morgan fingerprint density at radius 2 is 1.75 bits per heavy atom. The first-order valence-corrected chi connectivity index (χ1v) is 4.42. The van der Waals surface area contributed by atoms with Crippen LogP contribution in [0.15, 0.2) is 0 Å². The van der Waals surface area contributed by atoms with E-state index in [1.165, 1.54) is 49.0 Å². The van der Waals surface area contributed by atoms with Gasteiger partial charge in [0.25, 0.3) is 0 Å². The average Bonchev–Trinajstić information content (AvgIpc) is 0.811. The molecule has 0 bridgehead atoms. The van der Waals surface area contributed by atoms with E-state index in [9.17, 15) is 0 Å². The fraction of sp³-hybridized carbons (Fsp3) is 0.500. The van der Waals surface area contributed by atoms with Gasteiger partial charge in [-0.15, -0.1) is 0 Å². The van der Waals surface area contributed by atoms with E-state index in [1.807, 2.05) is 0 Å². The molecule has 0 spiro atoms. The summed E-state index contributed by atoms with van der Waals surface area (Å²) in [5.41, 5.74) is 0. The molecule has 0 aromatic heterocycles. The Labute approximate surface area is 56.1 Å². The molecule has 3 radical (unpaired) electrons. The normalized spacial score (nSPS) is 6.50. The van der Waals surface area contributed by atoms with Crippen LogP contribution in [-0.2, 0) is 0 Å². The second kappa shape index (κ2) is 2.85. The monoisotopic (exact) mass is 445 g/mol. The van der Waals surface area contributed by atoms with E-state index in [0.717, 1.165) is 0 Å². The van der Waals surface area contributed by atoms with Crippen LogP contribution in [0, 0.1) is 0 Å². The molecule has 0 aromatic rings. The zero-order valence-corrected chi connectivity index (χ0v) is 9.35. The van der Waals surface area contributed by atoms with Crippen LogP contribution in [0.4, 0.5) is 0 Å². The predicted octanol–water partition coefficient (Wildman–Crippen LogP) is -0.527. The molecular weight excluding hydrogens is 442 g/mol. The van der Waals surface area contributed by atoms with Crippen molar-refractivity contribution in [2.45, 2.75) is 6.92 Å². The quantitative estimate of drug-likeness (QED) is 0.441. The van der Waals surface area contributed by atoms with E-state index in [4.69, 9.17) is 0 Å². The number of rotatable bonds is 0. The third-order valence-corrected chi connectivity index (χ3v) is 0. The van der Waals surface area contributed by atoms with Gasteiger partial charge >= 0.3 is 56.8 Å². The summed E-state index contributed by atoms with van der Waals surface area (Å²) in [5.74, 6) is 0. The van der Waals surface area contributed by atoms with Gasteiger partial charge in [-0.2, -0.15) is 0 Å². The summed E-state index contributed by atoms with van der Waals surface area (Å²) in [6, 6.07) is 0. The standard InChI is InChI=1S/C2H3.2Bi/c1-2;;/h1H3;;. The third kappa shape index (κ3) is 9.44.